The Bertz CT molecular complexity index is 554. The van der Waals surface area contributed by atoms with E-state index in [0.717, 1.165) is 19.8 Å². The Labute approximate surface area is 133 Å². The van der Waals surface area contributed by atoms with E-state index in [9.17, 15) is 0 Å². The summed E-state index contributed by atoms with van der Waals surface area (Å²) in [5.41, 5.74) is 2.66. The molecule has 0 spiro atoms. The SMILES string of the molecule is CCCCN1CO[C@@H](c2ccccc2)[C@H](c2ccccc2)C1. The normalized spacial score (nSPS) is 22.6. The van der Waals surface area contributed by atoms with E-state index in [1.165, 1.54) is 24.0 Å². The summed E-state index contributed by atoms with van der Waals surface area (Å²) in [5.74, 6) is 0.397. The zero-order chi connectivity index (χ0) is 15.2. The van der Waals surface area contributed by atoms with Crippen molar-refractivity contribution in [1.29, 1.82) is 0 Å². The van der Waals surface area contributed by atoms with Gasteiger partial charge in [0.1, 0.15) is 0 Å². The van der Waals surface area contributed by atoms with E-state index in [0.29, 0.717) is 5.92 Å². The molecule has 116 valence electrons. The zero-order valence-electron chi connectivity index (χ0n) is 13.3. The fourth-order valence-electron chi connectivity index (χ4n) is 3.22. The molecule has 0 bridgehead atoms. The molecule has 2 aromatic rings. The Hall–Kier alpha value is -1.64. The molecule has 22 heavy (non-hydrogen) atoms. The highest BCUT2D eigenvalue weighted by Gasteiger charge is 2.31. The molecule has 1 heterocycles. The van der Waals surface area contributed by atoms with Gasteiger partial charge in [-0.25, -0.2) is 0 Å². The van der Waals surface area contributed by atoms with Gasteiger partial charge in [-0.15, -0.1) is 0 Å². The molecule has 0 radical (unpaired) electrons. The van der Waals surface area contributed by atoms with Gasteiger partial charge in [0.05, 0.1) is 12.8 Å². The first-order valence-corrected chi connectivity index (χ1v) is 8.32. The number of hydrogen-bond acceptors (Lipinski definition) is 2. The minimum Gasteiger partial charge on any atom is -0.357 e. The summed E-state index contributed by atoms with van der Waals surface area (Å²) in [6.45, 7) is 5.18. The molecular weight excluding hydrogens is 270 g/mol. The molecule has 2 aromatic carbocycles. The second kappa shape index (κ2) is 7.57. The number of benzene rings is 2. The summed E-state index contributed by atoms with van der Waals surface area (Å²) in [4.78, 5) is 2.45. The van der Waals surface area contributed by atoms with Crippen LogP contribution in [0, 0.1) is 0 Å². The second-order valence-corrected chi connectivity index (χ2v) is 6.07. The first kappa shape index (κ1) is 15.3. The van der Waals surface area contributed by atoms with Crippen LogP contribution >= 0.6 is 0 Å². The highest BCUT2D eigenvalue weighted by molar-refractivity contribution is 5.28. The van der Waals surface area contributed by atoms with Crippen molar-refractivity contribution in [3.8, 4) is 0 Å². The van der Waals surface area contributed by atoms with Crippen molar-refractivity contribution >= 4 is 0 Å². The fraction of sp³-hybridized carbons (Fsp3) is 0.400. The van der Waals surface area contributed by atoms with Gasteiger partial charge in [0, 0.05) is 19.0 Å². The fourth-order valence-corrected chi connectivity index (χ4v) is 3.22. The van der Waals surface area contributed by atoms with Crippen LogP contribution in [-0.2, 0) is 4.74 Å². The topological polar surface area (TPSA) is 12.5 Å². The average molecular weight is 295 g/mol. The van der Waals surface area contributed by atoms with Crippen molar-refractivity contribution in [3.63, 3.8) is 0 Å². The van der Waals surface area contributed by atoms with Gasteiger partial charge in [0.15, 0.2) is 0 Å². The standard InChI is InChI=1S/C20H25NO/c1-2-3-14-21-15-19(17-10-6-4-7-11-17)20(22-16-21)18-12-8-5-9-13-18/h4-13,19-20H,2-3,14-16H2,1H3/t19-,20-/m0/s1. The predicted molar refractivity (Wildman–Crippen MR) is 90.8 cm³/mol. The third kappa shape index (κ3) is 3.57. The Morgan fingerprint density at radius 2 is 1.59 bits per heavy atom. The van der Waals surface area contributed by atoms with E-state index in [1.807, 2.05) is 0 Å². The van der Waals surface area contributed by atoms with Crippen LogP contribution in [0.15, 0.2) is 60.7 Å². The van der Waals surface area contributed by atoms with Gasteiger partial charge >= 0.3 is 0 Å². The third-order valence-electron chi connectivity index (χ3n) is 4.44. The van der Waals surface area contributed by atoms with Crippen molar-refractivity contribution < 1.29 is 4.74 Å². The lowest BCUT2D eigenvalue weighted by Crippen LogP contribution is -2.40. The molecule has 3 rings (SSSR count). The molecule has 0 amide bonds. The summed E-state index contributed by atoms with van der Waals surface area (Å²) in [7, 11) is 0. The lowest BCUT2D eigenvalue weighted by Gasteiger charge is -2.39. The maximum Gasteiger partial charge on any atom is 0.0999 e. The Kier molecular flexibility index (Phi) is 5.25. The molecule has 1 aliphatic rings. The molecule has 2 atom stereocenters. The number of nitrogens with zero attached hydrogens (tertiary/aromatic N) is 1. The molecule has 0 aromatic heterocycles. The Morgan fingerprint density at radius 3 is 2.23 bits per heavy atom. The van der Waals surface area contributed by atoms with E-state index in [4.69, 9.17) is 4.74 Å². The lowest BCUT2D eigenvalue weighted by atomic mass is 9.87. The van der Waals surface area contributed by atoms with Crippen molar-refractivity contribution in [1.82, 2.24) is 4.90 Å². The molecule has 1 aliphatic heterocycles. The smallest absolute Gasteiger partial charge is 0.0999 e. The predicted octanol–water partition coefficient (Wildman–Crippen LogP) is 4.60. The summed E-state index contributed by atoms with van der Waals surface area (Å²) in [5, 5.41) is 0. The lowest BCUT2D eigenvalue weighted by molar-refractivity contribution is -0.0843. The summed E-state index contributed by atoms with van der Waals surface area (Å²) in [6, 6.07) is 21.4. The van der Waals surface area contributed by atoms with Gasteiger partial charge in [-0.05, 0) is 17.5 Å². The van der Waals surface area contributed by atoms with Crippen molar-refractivity contribution in [2.24, 2.45) is 0 Å². The maximum atomic E-state index is 6.27. The third-order valence-corrected chi connectivity index (χ3v) is 4.44. The van der Waals surface area contributed by atoms with Crippen LogP contribution < -0.4 is 0 Å². The molecule has 0 N–H and O–H groups in total. The van der Waals surface area contributed by atoms with E-state index < -0.39 is 0 Å². The van der Waals surface area contributed by atoms with E-state index in [2.05, 4.69) is 72.5 Å². The zero-order valence-corrected chi connectivity index (χ0v) is 13.3. The van der Waals surface area contributed by atoms with Gasteiger partial charge in [-0.2, -0.15) is 0 Å². The molecule has 2 heteroatoms. The first-order valence-electron chi connectivity index (χ1n) is 8.32. The second-order valence-electron chi connectivity index (χ2n) is 6.07. The summed E-state index contributed by atoms with van der Waals surface area (Å²) < 4.78 is 6.27. The van der Waals surface area contributed by atoms with Gasteiger partial charge < -0.3 is 4.74 Å². The Balaban J connectivity index is 1.83. The summed E-state index contributed by atoms with van der Waals surface area (Å²) >= 11 is 0. The molecule has 0 saturated carbocycles. The van der Waals surface area contributed by atoms with E-state index >= 15 is 0 Å². The highest BCUT2D eigenvalue weighted by Crippen LogP contribution is 2.37. The van der Waals surface area contributed by atoms with Crippen molar-refractivity contribution in [3.05, 3.63) is 71.8 Å². The monoisotopic (exact) mass is 295 g/mol. The Morgan fingerprint density at radius 1 is 0.955 bits per heavy atom. The van der Waals surface area contributed by atoms with Gasteiger partial charge in [-0.1, -0.05) is 74.0 Å². The average Bonchev–Trinajstić information content (AvgIpc) is 2.61. The van der Waals surface area contributed by atoms with Gasteiger partial charge in [-0.3, -0.25) is 4.90 Å². The highest BCUT2D eigenvalue weighted by atomic mass is 16.5. The van der Waals surface area contributed by atoms with Crippen LogP contribution in [0.1, 0.15) is 42.9 Å². The van der Waals surface area contributed by atoms with Gasteiger partial charge in [0.25, 0.3) is 0 Å². The number of unbranched alkanes of at least 4 members (excludes halogenated alkanes) is 1. The molecular formula is C20H25NO. The van der Waals surface area contributed by atoms with E-state index in [-0.39, 0.29) is 6.10 Å². The molecule has 1 fully saturated rings. The minimum absolute atomic E-state index is 0.154. The van der Waals surface area contributed by atoms with Crippen LogP contribution in [0.4, 0.5) is 0 Å². The molecule has 1 saturated heterocycles. The summed E-state index contributed by atoms with van der Waals surface area (Å²) in [6.07, 6.45) is 2.62. The molecule has 2 nitrogen and oxygen atoms in total. The van der Waals surface area contributed by atoms with E-state index in [1.54, 1.807) is 0 Å². The maximum absolute atomic E-state index is 6.27. The number of rotatable bonds is 5. The van der Waals surface area contributed by atoms with Crippen LogP contribution in [-0.4, -0.2) is 24.7 Å². The van der Waals surface area contributed by atoms with Crippen LogP contribution in [0.3, 0.4) is 0 Å². The van der Waals surface area contributed by atoms with Crippen molar-refractivity contribution in [2.45, 2.75) is 31.8 Å². The van der Waals surface area contributed by atoms with Crippen molar-refractivity contribution in [2.75, 3.05) is 19.8 Å². The van der Waals surface area contributed by atoms with Crippen LogP contribution in [0.25, 0.3) is 0 Å². The quantitative estimate of drug-likeness (QED) is 0.799. The molecule has 0 unspecified atom stereocenters. The number of ether oxygens (including phenoxy) is 1. The van der Waals surface area contributed by atoms with Gasteiger partial charge in [0.2, 0.25) is 0 Å². The molecule has 0 aliphatic carbocycles. The largest absolute Gasteiger partial charge is 0.357 e. The van der Waals surface area contributed by atoms with Crippen LogP contribution in [0.2, 0.25) is 0 Å². The van der Waals surface area contributed by atoms with Crippen LogP contribution in [0.5, 0.6) is 0 Å². The number of hydrogen-bond donors (Lipinski definition) is 0. The minimum atomic E-state index is 0.154. The first-order chi connectivity index (χ1) is 10.9.